The lowest BCUT2D eigenvalue weighted by molar-refractivity contribution is -0.147. The molecule has 0 unspecified atom stereocenters. The number of carbonyl (C=O) groups is 14. The molecule has 3 fully saturated rings. The number of carbonyl (C=O) groups excluding carboxylic acids is 11. The van der Waals surface area contributed by atoms with Gasteiger partial charge in [0.05, 0.1) is 12.5 Å². The Kier molecular flexibility index (Phi) is 26.4. The molecule has 29 nitrogen and oxygen atoms in total. The molecule has 12 atom stereocenters. The molecule has 3 aliphatic heterocycles. The fraction of sp³-hybridized carbons (Fsp3) is 0.731. The molecule has 11 amide bonds. The number of hydrogen-bond acceptors (Lipinski definition) is 15. The molecule has 454 valence electrons. The zero-order valence-corrected chi connectivity index (χ0v) is 47.8. The molecule has 0 aromatic carbocycles. The van der Waals surface area contributed by atoms with Crippen LogP contribution in [0.5, 0.6) is 0 Å². The summed E-state index contributed by atoms with van der Waals surface area (Å²) in [5.41, 5.74) is 0. The summed E-state index contributed by atoms with van der Waals surface area (Å²) >= 11 is 0. The van der Waals surface area contributed by atoms with Crippen molar-refractivity contribution in [3.8, 4) is 0 Å². The number of carboxylic acids is 3. The lowest BCUT2D eigenvalue weighted by Crippen LogP contribution is -2.60. The summed E-state index contributed by atoms with van der Waals surface area (Å²) < 4.78 is 0. The first-order valence-corrected chi connectivity index (χ1v) is 27.6. The number of likely N-dealkylation sites (tertiary alicyclic amines) is 2. The quantitative estimate of drug-likeness (QED) is 0.0340. The Morgan fingerprint density at radius 1 is 0.457 bits per heavy atom. The van der Waals surface area contributed by atoms with E-state index in [1.54, 1.807) is 41.5 Å². The van der Waals surface area contributed by atoms with Gasteiger partial charge in [0.2, 0.25) is 65.0 Å². The van der Waals surface area contributed by atoms with Crippen LogP contribution in [0.15, 0.2) is 0 Å². The van der Waals surface area contributed by atoms with E-state index < -0.39 is 174 Å². The van der Waals surface area contributed by atoms with E-state index in [-0.39, 0.29) is 50.6 Å². The Bertz CT molecular complexity index is 2340. The number of hydrogen-bond donors (Lipinski definition) is 13. The molecule has 0 aliphatic carbocycles. The number of nitrogens with zero attached hydrogens (tertiary/aromatic N) is 2. The minimum atomic E-state index is -1.78. The maximum Gasteiger partial charge on any atom is 0.326 e. The van der Waals surface area contributed by atoms with E-state index in [4.69, 9.17) is 5.11 Å². The van der Waals surface area contributed by atoms with Crippen LogP contribution in [0.2, 0.25) is 0 Å². The molecule has 0 saturated carbocycles. The first kappa shape index (κ1) is 67.8. The van der Waals surface area contributed by atoms with Crippen LogP contribution in [0.25, 0.3) is 0 Å². The van der Waals surface area contributed by atoms with Gasteiger partial charge in [-0.3, -0.25) is 62.3 Å². The van der Waals surface area contributed by atoms with Gasteiger partial charge < -0.3 is 78.3 Å². The third-order valence-electron chi connectivity index (χ3n) is 14.1. The fourth-order valence-corrected chi connectivity index (χ4v) is 9.47. The Morgan fingerprint density at radius 3 is 1.40 bits per heavy atom. The van der Waals surface area contributed by atoms with Crippen molar-refractivity contribution in [3.05, 3.63) is 0 Å². The van der Waals surface area contributed by atoms with E-state index >= 15 is 0 Å². The second kappa shape index (κ2) is 31.5. The van der Waals surface area contributed by atoms with Crippen molar-refractivity contribution in [2.24, 2.45) is 17.8 Å². The molecule has 81 heavy (non-hydrogen) atoms. The zero-order chi connectivity index (χ0) is 61.2. The van der Waals surface area contributed by atoms with Crippen molar-refractivity contribution in [1.29, 1.82) is 0 Å². The van der Waals surface area contributed by atoms with Crippen LogP contribution in [0.3, 0.4) is 0 Å². The number of carboxylic acid groups (broad SMARTS) is 3. The Hall–Kier alpha value is -7.46. The lowest BCUT2D eigenvalue weighted by Gasteiger charge is -2.33. The van der Waals surface area contributed by atoms with E-state index in [9.17, 15) is 77.3 Å². The summed E-state index contributed by atoms with van der Waals surface area (Å²) in [4.78, 5) is 186. The second-order valence-electron chi connectivity index (χ2n) is 22.1. The summed E-state index contributed by atoms with van der Waals surface area (Å²) in [6, 6.07) is -14.5. The summed E-state index contributed by atoms with van der Waals surface area (Å²) in [6.07, 6.45) is 0.742. The van der Waals surface area contributed by atoms with Gasteiger partial charge in [-0.05, 0) is 103 Å². The Labute approximate surface area is 470 Å². The maximum absolute atomic E-state index is 14.4. The molecular formula is C52H84N12O17. The maximum atomic E-state index is 14.4. The van der Waals surface area contributed by atoms with Crippen molar-refractivity contribution in [3.63, 3.8) is 0 Å². The van der Waals surface area contributed by atoms with Gasteiger partial charge in [-0.1, -0.05) is 41.5 Å². The normalized spacial score (nSPS) is 20.2. The summed E-state index contributed by atoms with van der Waals surface area (Å²) in [7, 11) is 0. The lowest BCUT2D eigenvalue weighted by atomic mass is 10.0. The van der Waals surface area contributed by atoms with Crippen LogP contribution >= 0.6 is 0 Å². The van der Waals surface area contributed by atoms with Gasteiger partial charge in [0, 0.05) is 19.5 Å². The zero-order valence-electron chi connectivity index (χ0n) is 47.8. The van der Waals surface area contributed by atoms with Crippen LogP contribution in [-0.2, 0) is 67.1 Å². The molecule has 0 aromatic heterocycles. The third-order valence-corrected chi connectivity index (χ3v) is 14.1. The third kappa shape index (κ3) is 20.5. The monoisotopic (exact) mass is 1150 g/mol. The van der Waals surface area contributed by atoms with Crippen LogP contribution in [0.4, 0.5) is 0 Å². The minimum absolute atomic E-state index is 0.0500. The van der Waals surface area contributed by atoms with Crippen molar-refractivity contribution >= 4 is 82.9 Å². The first-order valence-electron chi connectivity index (χ1n) is 27.6. The van der Waals surface area contributed by atoms with Gasteiger partial charge in [-0.25, -0.2) is 4.79 Å². The summed E-state index contributed by atoms with van der Waals surface area (Å²) in [6.45, 7) is 16.2. The summed E-state index contributed by atoms with van der Waals surface area (Å²) in [5.74, 6) is -13.8. The van der Waals surface area contributed by atoms with Crippen LogP contribution < -0.4 is 53.2 Å². The highest BCUT2D eigenvalue weighted by Crippen LogP contribution is 2.24. The average molecular weight is 1150 g/mol. The van der Waals surface area contributed by atoms with Gasteiger partial charge in [0.1, 0.15) is 66.5 Å². The molecule has 3 heterocycles. The predicted octanol–water partition coefficient (Wildman–Crippen LogP) is -3.05. The number of amides is 11. The van der Waals surface area contributed by atoms with Gasteiger partial charge in [0.25, 0.3) is 0 Å². The number of rotatable bonds is 30. The molecule has 3 saturated heterocycles. The molecule has 3 aliphatic rings. The van der Waals surface area contributed by atoms with E-state index in [0.717, 1.165) is 6.42 Å². The number of aliphatic carboxylic acids is 3. The molecule has 3 rings (SSSR count). The fourth-order valence-electron chi connectivity index (χ4n) is 9.47. The van der Waals surface area contributed by atoms with Crippen molar-refractivity contribution in [2.75, 3.05) is 19.6 Å². The topological polar surface area (TPSA) is 426 Å². The molecule has 0 bridgehead atoms. The summed E-state index contributed by atoms with van der Waals surface area (Å²) in [5, 5.41) is 53.5. The van der Waals surface area contributed by atoms with Crippen molar-refractivity contribution in [1.82, 2.24) is 63.0 Å². The molecular weight excluding hydrogens is 1060 g/mol. The van der Waals surface area contributed by atoms with E-state index in [0.29, 0.717) is 25.8 Å². The highest BCUT2D eigenvalue weighted by molar-refractivity contribution is 5.99. The smallest absolute Gasteiger partial charge is 0.326 e. The standard InChI is InChI=1S/C52H84N12O17/c1-24(2)22-33(46(74)57-28(8)42(70)55-30(10)44(72)61-39(25(3)4)49(77)60-34(52(80)81)23-38(67)68)59-47(75)35-15-13-21-64(35)51(79)40(26(5)6)62-48(76)36-16-12-20-63(36)50(78)32(17-18-37(65)66)58-43(71)29(9)54-41(69)27(7)56-45(73)31-14-11-19-53-31/h24-36,39-40,53H,11-23H2,1-10H3,(H,54,69)(H,55,70)(H,56,73)(H,57,74)(H,58,71)(H,59,75)(H,60,77)(H,61,72)(H,62,76)(H,65,66)(H,67,68)(H,80,81)/t27-,28-,29-,30-,31-,32-,33-,34-,35-,36-,39-,40-/m0/s1. The van der Waals surface area contributed by atoms with Crippen LogP contribution in [0, 0.1) is 17.8 Å². The van der Waals surface area contributed by atoms with Crippen LogP contribution in [0.1, 0.15) is 133 Å². The van der Waals surface area contributed by atoms with Gasteiger partial charge in [0.15, 0.2) is 0 Å². The SMILES string of the molecule is CC(C)C[C@H](NC(=O)[C@@H]1CCCN1C(=O)[C@@H](NC(=O)[C@@H]1CCCN1C(=O)[C@H](CCC(=O)O)NC(=O)[C@H](C)NC(=O)[C@H](C)NC(=O)[C@@H]1CCCN1)C(C)C)C(=O)N[C@@H](C)C(=O)N[C@@H](C)C(=O)N[C@H](C(=O)N[C@@H](CC(=O)O)C(=O)O)C(C)C. The highest BCUT2D eigenvalue weighted by atomic mass is 16.4. The van der Waals surface area contributed by atoms with Gasteiger partial charge in [-0.15, -0.1) is 0 Å². The molecule has 0 radical (unpaired) electrons. The molecule has 29 heteroatoms. The molecule has 0 spiro atoms. The van der Waals surface area contributed by atoms with Crippen LogP contribution in [-0.4, -0.2) is 200 Å². The van der Waals surface area contributed by atoms with E-state index in [1.807, 2.05) is 0 Å². The predicted molar refractivity (Wildman–Crippen MR) is 286 cm³/mol. The van der Waals surface area contributed by atoms with Crippen molar-refractivity contribution in [2.45, 2.75) is 206 Å². The molecule has 13 N–H and O–H groups in total. The number of nitrogens with one attached hydrogen (secondary N) is 10. The Morgan fingerprint density at radius 2 is 0.926 bits per heavy atom. The largest absolute Gasteiger partial charge is 0.481 e. The van der Waals surface area contributed by atoms with Gasteiger partial charge in [-0.2, -0.15) is 0 Å². The molecule has 0 aromatic rings. The second-order valence-corrected chi connectivity index (χ2v) is 22.1. The Balaban J connectivity index is 1.67. The van der Waals surface area contributed by atoms with E-state index in [2.05, 4.69) is 53.2 Å². The first-order chi connectivity index (χ1) is 37.8. The van der Waals surface area contributed by atoms with Crippen molar-refractivity contribution < 1.29 is 82.4 Å². The minimum Gasteiger partial charge on any atom is -0.481 e. The van der Waals surface area contributed by atoms with E-state index in [1.165, 1.54) is 37.5 Å². The average Bonchev–Trinajstić information content (AvgIpc) is 4.29. The van der Waals surface area contributed by atoms with Gasteiger partial charge >= 0.3 is 17.9 Å². The highest BCUT2D eigenvalue weighted by Gasteiger charge is 2.44.